The summed E-state index contributed by atoms with van der Waals surface area (Å²) in [4.78, 5) is 24.9. The minimum Gasteiger partial charge on any atom is -0.494 e. The summed E-state index contributed by atoms with van der Waals surface area (Å²) in [6, 6.07) is 16.1. The van der Waals surface area contributed by atoms with Gasteiger partial charge in [0.15, 0.2) is 0 Å². The molecule has 6 nitrogen and oxygen atoms in total. The van der Waals surface area contributed by atoms with Gasteiger partial charge in [-0.15, -0.1) is 0 Å². The molecule has 1 aromatic heterocycles. The third-order valence-corrected chi connectivity index (χ3v) is 5.64. The SMILES string of the molecule is CCOc1ccc(NC(=O)[C@H](C)Sc2ccc(=O)n(-c3ccc(C)c(C)c3)n2)cc1. The molecule has 2 aromatic carbocycles. The molecule has 3 aromatic rings. The van der Waals surface area contributed by atoms with Gasteiger partial charge in [-0.2, -0.15) is 9.78 Å². The van der Waals surface area contributed by atoms with Crippen LogP contribution in [0.3, 0.4) is 0 Å². The summed E-state index contributed by atoms with van der Waals surface area (Å²) in [7, 11) is 0. The maximum absolute atomic E-state index is 12.6. The monoisotopic (exact) mass is 423 g/mol. The molecule has 1 atom stereocenters. The average Bonchev–Trinajstić information content (AvgIpc) is 2.73. The number of hydrogen-bond donors (Lipinski definition) is 1. The van der Waals surface area contributed by atoms with Crippen molar-refractivity contribution in [1.29, 1.82) is 0 Å². The average molecular weight is 424 g/mol. The van der Waals surface area contributed by atoms with Crippen LogP contribution in [0.4, 0.5) is 5.69 Å². The first-order chi connectivity index (χ1) is 14.4. The Hall–Kier alpha value is -3.06. The molecule has 156 valence electrons. The maximum atomic E-state index is 12.6. The van der Waals surface area contributed by atoms with Gasteiger partial charge in [0.25, 0.3) is 5.56 Å². The molecule has 0 unspecified atom stereocenters. The molecule has 0 aliphatic carbocycles. The number of ether oxygens (including phenoxy) is 1. The Labute approximate surface area is 180 Å². The minimum absolute atomic E-state index is 0.144. The maximum Gasteiger partial charge on any atom is 0.271 e. The number of amides is 1. The van der Waals surface area contributed by atoms with Crippen molar-refractivity contribution in [2.24, 2.45) is 0 Å². The molecule has 0 saturated heterocycles. The summed E-state index contributed by atoms with van der Waals surface area (Å²) in [6.07, 6.45) is 0. The van der Waals surface area contributed by atoms with Crippen LogP contribution in [0.25, 0.3) is 5.69 Å². The van der Waals surface area contributed by atoms with Crippen molar-refractivity contribution in [3.63, 3.8) is 0 Å². The zero-order chi connectivity index (χ0) is 21.7. The van der Waals surface area contributed by atoms with Crippen LogP contribution < -0.4 is 15.6 Å². The number of hydrogen-bond acceptors (Lipinski definition) is 5. The van der Waals surface area contributed by atoms with Crippen molar-refractivity contribution in [2.45, 2.75) is 38.0 Å². The summed E-state index contributed by atoms with van der Waals surface area (Å²) >= 11 is 1.30. The van der Waals surface area contributed by atoms with Crippen molar-refractivity contribution in [3.8, 4) is 11.4 Å². The van der Waals surface area contributed by atoms with Crippen molar-refractivity contribution >= 4 is 23.4 Å². The Morgan fingerprint density at radius 3 is 2.50 bits per heavy atom. The molecule has 0 aliphatic rings. The predicted molar refractivity (Wildman–Crippen MR) is 121 cm³/mol. The molecule has 0 radical (unpaired) electrons. The number of anilines is 1. The lowest BCUT2D eigenvalue weighted by molar-refractivity contribution is -0.115. The zero-order valence-corrected chi connectivity index (χ0v) is 18.3. The number of thioether (sulfide) groups is 1. The Bertz CT molecular complexity index is 1090. The third kappa shape index (κ3) is 5.30. The van der Waals surface area contributed by atoms with Gasteiger partial charge < -0.3 is 10.1 Å². The van der Waals surface area contributed by atoms with Crippen LogP contribution in [0.15, 0.2) is 64.4 Å². The van der Waals surface area contributed by atoms with E-state index in [9.17, 15) is 9.59 Å². The summed E-state index contributed by atoms with van der Waals surface area (Å²) in [6.45, 7) is 8.34. The van der Waals surface area contributed by atoms with Gasteiger partial charge in [0.1, 0.15) is 10.8 Å². The number of aryl methyl sites for hydroxylation is 2. The molecule has 1 heterocycles. The molecule has 0 fully saturated rings. The normalized spacial score (nSPS) is 11.7. The first kappa shape index (κ1) is 21.6. The van der Waals surface area contributed by atoms with Crippen LogP contribution in [0.5, 0.6) is 5.75 Å². The number of aromatic nitrogens is 2. The smallest absolute Gasteiger partial charge is 0.271 e. The second-order valence-electron chi connectivity index (χ2n) is 6.90. The summed E-state index contributed by atoms with van der Waals surface area (Å²) < 4.78 is 6.78. The van der Waals surface area contributed by atoms with Gasteiger partial charge in [-0.3, -0.25) is 9.59 Å². The van der Waals surface area contributed by atoms with Crippen LogP contribution in [-0.4, -0.2) is 27.5 Å². The lowest BCUT2D eigenvalue weighted by atomic mass is 10.1. The quantitative estimate of drug-likeness (QED) is 0.572. The van der Waals surface area contributed by atoms with Crippen molar-refractivity contribution in [2.75, 3.05) is 11.9 Å². The first-order valence-corrected chi connectivity index (χ1v) is 10.6. The van der Waals surface area contributed by atoms with E-state index in [1.54, 1.807) is 18.2 Å². The van der Waals surface area contributed by atoms with Gasteiger partial charge in [-0.05, 0) is 81.3 Å². The predicted octanol–water partition coefficient (Wildman–Crippen LogP) is 4.37. The van der Waals surface area contributed by atoms with Crippen molar-refractivity contribution in [1.82, 2.24) is 9.78 Å². The van der Waals surface area contributed by atoms with Gasteiger partial charge in [0.05, 0.1) is 17.5 Å². The Kier molecular flexibility index (Phi) is 6.95. The van der Waals surface area contributed by atoms with Gasteiger partial charge in [0.2, 0.25) is 5.91 Å². The molecule has 1 N–H and O–H groups in total. The Morgan fingerprint density at radius 2 is 1.83 bits per heavy atom. The lowest BCUT2D eigenvalue weighted by Crippen LogP contribution is -2.24. The third-order valence-electron chi connectivity index (χ3n) is 4.61. The van der Waals surface area contributed by atoms with E-state index in [-0.39, 0.29) is 11.5 Å². The highest BCUT2D eigenvalue weighted by atomic mass is 32.2. The van der Waals surface area contributed by atoms with E-state index in [4.69, 9.17) is 4.74 Å². The molecule has 30 heavy (non-hydrogen) atoms. The highest BCUT2D eigenvalue weighted by Gasteiger charge is 2.16. The van der Waals surface area contributed by atoms with Gasteiger partial charge in [-0.25, -0.2) is 0 Å². The minimum atomic E-state index is -0.394. The molecule has 0 spiro atoms. The first-order valence-electron chi connectivity index (χ1n) is 9.75. The Balaban J connectivity index is 1.71. The number of nitrogens with zero attached hydrogens (tertiary/aromatic N) is 2. The number of nitrogens with one attached hydrogen (secondary N) is 1. The van der Waals surface area contributed by atoms with Crippen LogP contribution >= 0.6 is 11.8 Å². The van der Waals surface area contributed by atoms with E-state index in [1.165, 1.54) is 22.5 Å². The van der Waals surface area contributed by atoms with Crippen LogP contribution in [0.1, 0.15) is 25.0 Å². The number of benzene rings is 2. The fraction of sp³-hybridized carbons (Fsp3) is 0.261. The highest BCUT2D eigenvalue weighted by Crippen LogP contribution is 2.23. The van der Waals surface area contributed by atoms with Crippen LogP contribution in [0, 0.1) is 13.8 Å². The topological polar surface area (TPSA) is 73.2 Å². The second kappa shape index (κ2) is 9.63. The summed E-state index contributed by atoms with van der Waals surface area (Å²) in [5.41, 5.74) is 3.43. The van der Waals surface area contributed by atoms with Gasteiger partial charge >= 0.3 is 0 Å². The van der Waals surface area contributed by atoms with E-state index in [2.05, 4.69) is 10.4 Å². The van der Waals surface area contributed by atoms with Crippen LogP contribution in [-0.2, 0) is 4.79 Å². The van der Waals surface area contributed by atoms with E-state index in [0.717, 1.165) is 16.9 Å². The summed E-state index contributed by atoms with van der Waals surface area (Å²) in [5, 5.41) is 7.54. The number of carbonyl (C=O) groups is 1. The highest BCUT2D eigenvalue weighted by molar-refractivity contribution is 8.00. The van der Waals surface area contributed by atoms with E-state index < -0.39 is 5.25 Å². The van der Waals surface area contributed by atoms with Crippen molar-refractivity contribution < 1.29 is 9.53 Å². The Morgan fingerprint density at radius 1 is 1.10 bits per heavy atom. The molecular formula is C23H25N3O3S. The molecule has 1 amide bonds. The molecular weight excluding hydrogens is 398 g/mol. The standard InChI is InChI=1S/C23H25N3O3S/c1-5-29-20-10-7-18(8-11-20)24-23(28)17(4)30-21-12-13-22(27)26(25-21)19-9-6-15(2)16(3)14-19/h6-14,17H,5H2,1-4H3,(H,24,28)/t17-/m0/s1. The zero-order valence-electron chi connectivity index (χ0n) is 17.5. The van der Waals surface area contributed by atoms with Gasteiger partial charge in [0, 0.05) is 11.8 Å². The van der Waals surface area contributed by atoms with E-state index >= 15 is 0 Å². The number of carbonyl (C=O) groups excluding carboxylic acids is 1. The largest absolute Gasteiger partial charge is 0.494 e. The molecule has 7 heteroatoms. The van der Waals surface area contributed by atoms with E-state index in [1.807, 2.05) is 58.0 Å². The fourth-order valence-electron chi connectivity index (χ4n) is 2.78. The van der Waals surface area contributed by atoms with E-state index in [0.29, 0.717) is 23.0 Å². The molecule has 3 rings (SSSR count). The second-order valence-corrected chi connectivity index (χ2v) is 8.26. The van der Waals surface area contributed by atoms with Gasteiger partial charge in [-0.1, -0.05) is 17.8 Å². The molecule has 0 saturated carbocycles. The fourth-order valence-corrected chi connectivity index (χ4v) is 3.58. The lowest BCUT2D eigenvalue weighted by Gasteiger charge is -2.13. The molecule has 0 bridgehead atoms. The van der Waals surface area contributed by atoms with Crippen LogP contribution in [0.2, 0.25) is 0 Å². The summed E-state index contributed by atoms with van der Waals surface area (Å²) in [5.74, 6) is 0.616. The number of rotatable bonds is 7. The van der Waals surface area contributed by atoms with Crippen molar-refractivity contribution in [3.05, 3.63) is 76.1 Å². The molecule has 0 aliphatic heterocycles.